The number of nitrogens with one attached hydrogen (secondary N) is 1. The largest absolute Gasteiger partial charge is 0.323 e. The third kappa shape index (κ3) is 4.86. The van der Waals surface area contributed by atoms with E-state index >= 15 is 0 Å². The Balaban J connectivity index is 1.61. The second-order valence-electron chi connectivity index (χ2n) is 4.78. The van der Waals surface area contributed by atoms with Crippen molar-refractivity contribution in [3.63, 3.8) is 0 Å². The molecule has 0 spiro atoms. The molecule has 1 N–H and O–H groups in total. The first-order valence-electron chi connectivity index (χ1n) is 6.88. The lowest BCUT2D eigenvalue weighted by atomic mass is 10.3. The molecule has 1 aromatic carbocycles. The molecule has 0 unspecified atom stereocenters. The van der Waals surface area contributed by atoms with E-state index in [1.807, 2.05) is 17.5 Å². The monoisotopic (exact) mass is 433 g/mol. The average Bonchev–Trinajstić information content (AvgIpc) is 3.21. The minimum atomic E-state index is -0.276. The van der Waals surface area contributed by atoms with E-state index in [-0.39, 0.29) is 21.7 Å². The normalized spacial score (nSPS) is 10.8. The minimum Gasteiger partial charge on any atom is -0.323 e. The zero-order valence-corrected chi connectivity index (χ0v) is 16.3. The van der Waals surface area contributed by atoms with Crippen molar-refractivity contribution >= 4 is 69.5 Å². The van der Waals surface area contributed by atoms with E-state index in [4.69, 9.17) is 34.8 Å². The Kier molecular flexibility index (Phi) is 6.19. The maximum Gasteiger partial charge on any atom is 0.234 e. The molecule has 0 aliphatic heterocycles. The van der Waals surface area contributed by atoms with Crippen LogP contribution in [0.3, 0.4) is 0 Å². The van der Waals surface area contributed by atoms with Crippen LogP contribution in [0.5, 0.6) is 0 Å². The fourth-order valence-corrected chi connectivity index (χ4v) is 4.19. The van der Waals surface area contributed by atoms with Gasteiger partial charge in [-0.25, -0.2) is 4.68 Å². The maximum absolute atomic E-state index is 12.2. The molecule has 3 aromatic rings. The molecule has 1 amide bonds. The highest BCUT2D eigenvalue weighted by Gasteiger charge is 2.14. The fourth-order valence-electron chi connectivity index (χ4n) is 1.92. The molecule has 0 radical (unpaired) electrons. The van der Waals surface area contributed by atoms with Crippen LogP contribution in [-0.2, 0) is 11.3 Å². The summed E-state index contributed by atoms with van der Waals surface area (Å²) in [5.74, 6) is -0.165. The van der Waals surface area contributed by atoms with Gasteiger partial charge in [-0.15, -0.1) is 16.4 Å². The first-order chi connectivity index (χ1) is 12.0. The van der Waals surface area contributed by atoms with Gasteiger partial charge in [0.2, 0.25) is 11.1 Å². The van der Waals surface area contributed by atoms with Crippen LogP contribution in [-0.4, -0.2) is 31.9 Å². The minimum absolute atomic E-state index is 0.111. The van der Waals surface area contributed by atoms with Crippen molar-refractivity contribution in [1.82, 2.24) is 20.2 Å². The van der Waals surface area contributed by atoms with Crippen LogP contribution in [0, 0.1) is 0 Å². The number of carbonyl (C=O) groups excluding carboxylic acids is 1. The molecule has 2 heterocycles. The quantitative estimate of drug-likeness (QED) is 0.579. The van der Waals surface area contributed by atoms with Gasteiger partial charge < -0.3 is 5.32 Å². The molecule has 3 rings (SSSR count). The topological polar surface area (TPSA) is 72.7 Å². The Hall–Kier alpha value is -1.32. The van der Waals surface area contributed by atoms with Gasteiger partial charge in [-0.05, 0) is 34.0 Å². The van der Waals surface area contributed by atoms with Gasteiger partial charge in [-0.2, -0.15) is 0 Å². The van der Waals surface area contributed by atoms with Crippen molar-refractivity contribution in [2.75, 3.05) is 11.1 Å². The molecule has 0 saturated carbocycles. The van der Waals surface area contributed by atoms with Crippen LogP contribution >= 0.6 is 57.9 Å². The molecule has 25 heavy (non-hydrogen) atoms. The van der Waals surface area contributed by atoms with Crippen LogP contribution in [0.1, 0.15) is 4.88 Å². The Morgan fingerprint density at radius 3 is 2.72 bits per heavy atom. The summed E-state index contributed by atoms with van der Waals surface area (Å²) >= 11 is 20.8. The van der Waals surface area contributed by atoms with Crippen LogP contribution in [0.25, 0.3) is 0 Å². The number of hydrogen-bond donors (Lipinski definition) is 1. The fraction of sp³-hybridized carbons (Fsp3) is 0.143. The summed E-state index contributed by atoms with van der Waals surface area (Å²) in [6.07, 6.45) is 0. The van der Waals surface area contributed by atoms with E-state index in [1.165, 1.54) is 23.9 Å². The Morgan fingerprint density at radius 1 is 1.28 bits per heavy atom. The molecule has 0 saturated heterocycles. The summed E-state index contributed by atoms with van der Waals surface area (Å²) in [5.41, 5.74) is 0.330. The molecule has 11 heteroatoms. The first kappa shape index (κ1) is 18.5. The highest BCUT2D eigenvalue weighted by Crippen LogP contribution is 2.33. The summed E-state index contributed by atoms with van der Waals surface area (Å²) in [7, 11) is 0. The second-order valence-corrected chi connectivity index (χ2v) is 8.01. The smallest absolute Gasteiger partial charge is 0.234 e. The summed E-state index contributed by atoms with van der Waals surface area (Å²) in [6, 6.07) is 6.99. The van der Waals surface area contributed by atoms with Gasteiger partial charge in [-0.3, -0.25) is 4.79 Å². The van der Waals surface area contributed by atoms with Crippen LogP contribution in [0.4, 0.5) is 5.69 Å². The van der Waals surface area contributed by atoms with Crippen molar-refractivity contribution in [1.29, 1.82) is 0 Å². The molecule has 0 aliphatic carbocycles. The number of thiophene rings is 1. The van der Waals surface area contributed by atoms with E-state index in [0.717, 1.165) is 4.88 Å². The molecule has 130 valence electrons. The Bertz CT molecular complexity index is 861. The van der Waals surface area contributed by atoms with E-state index in [9.17, 15) is 4.79 Å². The number of aromatic nitrogens is 4. The van der Waals surface area contributed by atoms with E-state index in [2.05, 4.69) is 20.8 Å². The third-order valence-corrected chi connectivity index (χ3v) is 5.62. The van der Waals surface area contributed by atoms with Gasteiger partial charge in [-0.1, -0.05) is 52.6 Å². The van der Waals surface area contributed by atoms with Crippen molar-refractivity contribution in [2.45, 2.75) is 11.7 Å². The maximum atomic E-state index is 12.2. The first-order valence-corrected chi connectivity index (χ1v) is 9.88. The lowest BCUT2D eigenvalue weighted by molar-refractivity contribution is -0.113. The van der Waals surface area contributed by atoms with Gasteiger partial charge in [0.25, 0.3) is 0 Å². The van der Waals surface area contributed by atoms with E-state index in [0.29, 0.717) is 22.4 Å². The van der Waals surface area contributed by atoms with Gasteiger partial charge in [0.15, 0.2) is 0 Å². The number of tetrazole rings is 1. The number of carbonyl (C=O) groups is 1. The molecular formula is C14H10Cl3N5OS2. The van der Waals surface area contributed by atoms with Crippen molar-refractivity contribution in [3.8, 4) is 0 Å². The summed E-state index contributed by atoms with van der Waals surface area (Å²) in [6.45, 7) is 0.559. The third-order valence-electron chi connectivity index (χ3n) is 2.99. The molecule has 0 bridgehead atoms. The number of nitrogens with zero attached hydrogens (tertiary/aromatic N) is 4. The molecule has 0 atom stereocenters. The van der Waals surface area contributed by atoms with E-state index < -0.39 is 0 Å². The zero-order chi connectivity index (χ0) is 17.8. The van der Waals surface area contributed by atoms with Gasteiger partial charge in [0.1, 0.15) is 0 Å². The van der Waals surface area contributed by atoms with Crippen molar-refractivity contribution in [3.05, 3.63) is 49.6 Å². The van der Waals surface area contributed by atoms with Gasteiger partial charge in [0.05, 0.1) is 28.0 Å². The predicted octanol–water partition coefficient (Wildman–Crippen LogP) is 4.47. The molecular weight excluding hydrogens is 425 g/mol. The lowest BCUT2D eigenvalue weighted by Crippen LogP contribution is -2.15. The van der Waals surface area contributed by atoms with Crippen molar-refractivity contribution < 1.29 is 4.79 Å². The standard InChI is InChI=1S/C14H10Cl3N5OS2/c15-8-4-10(16)13(11(17)5-8)18-12(23)7-25-14-19-20-21-22(14)6-9-2-1-3-24-9/h1-5H,6-7H2,(H,18,23). The molecule has 0 aliphatic rings. The Labute approximate surface area is 166 Å². The summed E-state index contributed by atoms with van der Waals surface area (Å²) < 4.78 is 1.64. The number of benzene rings is 1. The predicted molar refractivity (Wildman–Crippen MR) is 102 cm³/mol. The Morgan fingerprint density at radius 2 is 2.04 bits per heavy atom. The van der Waals surface area contributed by atoms with Gasteiger partial charge >= 0.3 is 0 Å². The van der Waals surface area contributed by atoms with Crippen molar-refractivity contribution in [2.24, 2.45) is 0 Å². The second kappa shape index (κ2) is 8.37. The highest BCUT2D eigenvalue weighted by molar-refractivity contribution is 7.99. The summed E-state index contributed by atoms with van der Waals surface area (Å²) in [4.78, 5) is 13.3. The zero-order valence-electron chi connectivity index (χ0n) is 12.4. The number of amides is 1. The van der Waals surface area contributed by atoms with Gasteiger partial charge in [0, 0.05) is 9.90 Å². The van der Waals surface area contributed by atoms with Crippen LogP contribution in [0.15, 0.2) is 34.8 Å². The molecule has 6 nitrogen and oxygen atoms in total. The highest BCUT2D eigenvalue weighted by atomic mass is 35.5. The average molecular weight is 435 g/mol. The number of hydrogen-bond acceptors (Lipinski definition) is 6. The molecule has 2 aromatic heterocycles. The number of thioether (sulfide) groups is 1. The SMILES string of the molecule is O=C(CSc1nnnn1Cc1cccs1)Nc1c(Cl)cc(Cl)cc1Cl. The summed E-state index contributed by atoms with van der Waals surface area (Å²) in [5, 5.41) is 17.7. The van der Waals surface area contributed by atoms with Crippen LogP contribution in [0.2, 0.25) is 15.1 Å². The number of halogens is 3. The van der Waals surface area contributed by atoms with Crippen LogP contribution < -0.4 is 5.32 Å². The van der Waals surface area contributed by atoms with E-state index in [1.54, 1.807) is 16.0 Å². The lowest BCUT2D eigenvalue weighted by Gasteiger charge is -2.09. The number of anilines is 1. The molecule has 0 fully saturated rings. The number of rotatable bonds is 6.